The second-order valence-electron chi connectivity index (χ2n) is 7.16. The van der Waals surface area contributed by atoms with Crippen molar-refractivity contribution in [2.75, 3.05) is 48.9 Å². The SMILES string of the molecule is CC(C)N1CCc2c(-c3cnc(N)nc3)nc(N3CCOC[C@@H]3C)nc21.CN. The van der Waals surface area contributed by atoms with Crippen molar-refractivity contribution in [3.8, 4) is 11.3 Å². The lowest BCUT2D eigenvalue weighted by molar-refractivity contribution is 0.0981. The van der Waals surface area contributed by atoms with Crippen LogP contribution in [0.1, 0.15) is 26.3 Å². The number of morpholine rings is 1. The van der Waals surface area contributed by atoms with Crippen LogP contribution >= 0.6 is 0 Å². The Morgan fingerprint density at radius 3 is 2.50 bits per heavy atom. The first-order chi connectivity index (χ1) is 13.5. The smallest absolute Gasteiger partial charge is 0.228 e. The molecular weight excluding hydrogens is 356 g/mol. The molecule has 1 saturated heterocycles. The average molecular weight is 387 g/mol. The molecule has 0 amide bonds. The van der Waals surface area contributed by atoms with Crippen molar-refractivity contribution < 1.29 is 4.74 Å². The Hall–Kier alpha value is -2.52. The molecule has 0 radical (unpaired) electrons. The molecule has 0 aromatic carbocycles. The number of hydrogen-bond donors (Lipinski definition) is 2. The lowest BCUT2D eigenvalue weighted by Crippen LogP contribution is -2.44. The third kappa shape index (κ3) is 3.85. The number of nitrogen functional groups attached to an aromatic ring is 1. The number of ether oxygens (including phenoxy) is 1. The summed E-state index contributed by atoms with van der Waals surface area (Å²) in [6, 6.07) is 0.628. The molecule has 0 aliphatic carbocycles. The minimum atomic E-state index is 0.242. The number of anilines is 3. The van der Waals surface area contributed by atoms with Crippen molar-refractivity contribution in [2.45, 2.75) is 39.3 Å². The Morgan fingerprint density at radius 1 is 1.14 bits per heavy atom. The Balaban J connectivity index is 0.00000109. The van der Waals surface area contributed by atoms with E-state index in [1.54, 1.807) is 12.4 Å². The first-order valence-corrected chi connectivity index (χ1v) is 9.72. The van der Waals surface area contributed by atoms with E-state index in [9.17, 15) is 0 Å². The van der Waals surface area contributed by atoms with Gasteiger partial charge in [0.15, 0.2) is 0 Å². The van der Waals surface area contributed by atoms with Crippen LogP contribution in [-0.4, -0.2) is 65.4 Å². The first kappa shape index (κ1) is 20.2. The average Bonchev–Trinajstić information content (AvgIpc) is 3.14. The summed E-state index contributed by atoms with van der Waals surface area (Å²) in [5.41, 5.74) is 13.1. The van der Waals surface area contributed by atoms with E-state index in [0.717, 1.165) is 48.1 Å². The Bertz CT molecular complexity index is 795. The fourth-order valence-corrected chi connectivity index (χ4v) is 3.62. The van der Waals surface area contributed by atoms with Crippen LogP contribution in [0.4, 0.5) is 17.7 Å². The fourth-order valence-electron chi connectivity index (χ4n) is 3.62. The third-order valence-electron chi connectivity index (χ3n) is 5.04. The van der Waals surface area contributed by atoms with Gasteiger partial charge in [-0.1, -0.05) is 0 Å². The Kier molecular flexibility index (Phi) is 6.25. The summed E-state index contributed by atoms with van der Waals surface area (Å²) < 4.78 is 5.57. The van der Waals surface area contributed by atoms with Crippen LogP contribution in [-0.2, 0) is 11.2 Å². The molecule has 0 bridgehead atoms. The molecule has 9 heteroatoms. The third-order valence-corrected chi connectivity index (χ3v) is 5.04. The van der Waals surface area contributed by atoms with Gasteiger partial charge in [0.05, 0.1) is 24.9 Å². The van der Waals surface area contributed by atoms with Gasteiger partial charge in [-0.15, -0.1) is 0 Å². The molecule has 2 aliphatic heterocycles. The molecule has 0 spiro atoms. The van der Waals surface area contributed by atoms with Gasteiger partial charge >= 0.3 is 0 Å². The maximum atomic E-state index is 5.66. The molecule has 4 heterocycles. The molecule has 1 fully saturated rings. The van der Waals surface area contributed by atoms with E-state index < -0.39 is 0 Å². The van der Waals surface area contributed by atoms with Crippen LogP contribution in [0.15, 0.2) is 12.4 Å². The molecule has 9 nitrogen and oxygen atoms in total. The molecule has 0 unspecified atom stereocenters. The van der Waals surface area contributed by atoms with Crippen LogP contribution in [0.3, 0.4) is 0 Å². The second-order valence-corrected chi connectivity index (χ2v) is 7.16. The molecule has 0 saturated carbocycles. The summed E-state index contributed by atoms with van der Waals surface area (Å²) >= 11 is 0. The maximum Gasteiger partial charge on any atom is 0.228 e. The number of hydrogen-bond acceptors (Lipinski definition) is 9. The van der Waals surface area contributed by atoms with Crippen LogP contribution < -0.4 is 21.3 Å². The topological polar surface area (TPSA) is 119 Å². The summed E-state index contributed by atoms with van der Waals surface area (Å²) in [4.78, 5) is 22.7. The molecule has 152 valence electrons. The fraction of sp³-hybridized carbons (Fsp3) is 0.579. The quantitative estimate of drug-likeness (QED) is 0.798. The minimum absolute atomic E-state index is 0.242. The predicted molar refractivity (Wildman–Crippen MR) is 111 cm³/mol. The Morgan fingerprint density at radius 2 is 1.86 bits per heavy atom. The highest BCUT2D eigenvalue weighted by atomic mass is 16.5. The van der Waals surface area contributed by atoms with Crippen LogP contribution in [0.2, 0.25) is 0 Å². The van der Waals surface area contributed by atoms with Crippen molar-refractivity contribution in [3.63, 3.8) is 0 Å². The monoisotopic (exact) mass is 386 g/mol. The summed E-state index contributed by atoms with van der Waals surface area (Å²) in [6.45, 7) is 9.65. The lowest BCUT2D eigenvalue weighted by Gasteiger charge is -2.34. The Labute approximate surface area is 166 Å². The number of nitrogens with zero attached hydrogens (tertiary/aromatic N) is 6. The highest BCUT2D eigenvalue weighted by Gasteiger charge is 2.30. The van der Waals surface area contributed by atoms with Gasteiger partial charge in [0.2, 0.25) is 11.9 Å². The summed E-state index contributed by atoms with van der Waals surface area (Å²) in [6.07, 6.45) is 4.41. The zero-order valence-corrected chi connectivity index (χ0v) is 17.1. The van der Waals surface area contributed by atoms with Gasteiger partial charge in [-0.2, -0.15) is 4.98 Å². The van der Waals surface area contributed by atoms with E-state index in [-0.39, 0.29) is 12.0 Å². The van der Waals surface area contributed by atoms with Gasteiger partial charge in [0.1, 0.15) is 5.82 Å². The summed E-state index contributed by atoms with van der Waals surface area (Å²) in [5.74, 6) is 2.04. The van der Waals surface area contributed by atoms with Gasteiger partial charge < -0.3 is 26.0 Å². The predicted octanol–water partition coefficient (Wildman–Crippen LogP) is 1.09. The van der Waals surface area contributed by atoms with Crippen LogP contribution in [0.5, 0.6) is 0 Å². The molecule has 4 rings (SSSR count). The largest absolute Gasteiger partial charge is 0.377 e. The summed E-state index contributed by atoms with van der Waals surface area (Å²) in [7, 11) is 1.50. The molecular formula is C19H30N8O. The molecule has 2 aromatic heterocycles. The number of fused-ring (bicyclic) bond motifs is 1. The standard InChI is InChI=1S/C18H25N7O.CH5N/c1-11(2)24-5-4-14-15(13-8-20-17(19)21-9-13)22-18(23-16(14)24)25-6-7-26-10-12(25)3;1-2/h8-9,11-12H,4-7,10H2,1-3H3,(H2,19,20,21);2H2,1H3/t12-;/m0./s1. The van der Waals surface area contributed by atoms with Gasteiger partial charge in [-0.05, 0) is 34.2 Å². The highest BCUT2D eigenvalue weighted by Crippen LogP contribution is 2.36. The van der Waals surface area contributed by atoms with Crippen molar-refractivity contribution in [1.29, 1.82) is 0 Å². The van der Waals surface area contributed by atoms with Crippen LogP contribution in [0.25, 0.3) is 11.3 Å². The van der Waals surface area contributed by atoms with Crippen molar-refractivity contribution in [1.82, 2.24) is 19.9 Å². The molecule has 2 aromatic rings. The van der Waals surface area contributed by atoms with Crippen LogP contribution in [0, 0.1) is 0 Å². The van der Waals surface area contributed by atoms with E-state index in [1.807, 2.05) is 0 Å². The maximum absolute atomic E-state index is 5.66. The van der Waals surface area contributed by atoms with E-state index in [2.05, 4.69) is 46.3 Å². The van der Waals surface area contributed by atoms with Crippen molar-refractivity contribution in [3.05, 3.63) is 18.0 Å². The van der Waals surface area contributed by atoms with Gasteiger partial charge in [-0.25, -0.2) is 15.0 Å². The van der Waals surface area contributed by atoms with E-state index in [1.165, 1.54) is 7.05 Å². The zero-order valence-electron chi connectivity index (χ0n) is 17.1. The van der Waals surface area contributed by atoms with E-state index >= 15 is 0 Å². The zero-order chi connectivity index (χ0) is 20.3. The number of nitrogens with two attached hydrogens (primary N) is 2. The molecule has 28 heavy (non-hydrogen) atoms. The molecule has 2 aliphatic rings. The van der Waals surface area contributed by atoms with E-state index in [0.29, 0.717) is 19.3 Å². The second kappa shape index (κ2) is 8.66. The number of aromatic nitrogens is 4. The van der Waals surface area contributed by atoms with Gasteiger partial charge in [0, 0.05) is 42.7 Å². The lowest BCUT2D eigenvalue weighted by atomic mass is 10.1. The van der Waals surface area contributed by atoms with Gasteiger partial charge in [-0.3, -0.25) is 0 Å². The minimum Gasteiger partial charge on any atom is -0.377 e. The normalized spacial score (nSPS) is 18.7. The highest BCUT2D eigenvalue weighted by molar-refractivity contribution is 5.72. The molecule has 4 N–H and O–H groups in total. The van der Waals surface area contributed by atoms with E-state index in [4.69, 9.17) is 20.4 Å². The first-order valence-electron chi connectivity index (χ1n) is 9.72. The molecule has 1 atom stereocenters. The van der Waals surface area contributed by atoms with Gasteiger partial charge in [0.25, 0.3) is 0 Å². The summed E-state index contributed by atoms with van der Waals surface area (Å²) in [5, 5.41) is 0. The van der Waals surface area contributed by atoms with Crippen molar-refractivity contribution in [2.24, 2.45) is 5.73 Å². The number of rotatable bonds is 3. The van der Waals surface area contributed by atoms with Crippen molar-refractivity contribution >= 4 is 17.7 Å².